The number of nitrogens with zero attached hydrogens (tertiary/aromatic N) is 3. The highest BCUT2D eigenvalue weighted by atomic mass is 15.1. The van der Waals surface area contributed by atoms with Crippen molar-refractivity contribution in [3.63, 3.8) is 0 Å². The fourth-order valence-corrected chi connectivity index (χ4v) is 3.96. The number of aromatic nitrogens is 4. The number of benzene rings is 1. The Balaban J connectivity index is 1.59. The fraction of sp³-hybridized carbons (Fsp3) is 0.312. The standard InChI is InChI=1S/C16H15N5/c17-14-13-16(19-7-18-14)21-15(20-13)12-10-6-5-8-3-1-2-4-9(8)11(10)12/h1-4,7,10-12H,5-6H2,(H3,17,18,19,20,21). The minimum Gasteiger partial charge on any atom is -0.382 e. The quantitative estimate of drug-likeness (QED) is 0.715. The lowest BCUT2D eigenvalue weighted by molar-refractivity contribution is 0.655. The smallest absolute Gasteiger partial charge is 0.183 e. The third-order valence-corrected chi connectivity index (χ3v) is 4.98. The van der Waals surface area contributed by atoms with Crippen LogP contribution in [0.2, 0.25) is 0 Å². The zero-order valence-corrected chi connectivity index (χ0v) is 11.5. The maximum atomic E-state index is 5.89. The van der Waals surface area contributed by atoms with Gasteiger partial charge in [-0.25, -0.2) is 15.0 Å². The predicted molar refractivity (Wildman–Crippen MR) is 79.8 cm³/mol. The minimum atomic E-state index is 0.474. The van der Waals surface area contributed by atoms with E-state index in [4.69, 9.17) is 5.73 Å². The van der Waals surface area contributed by atoms with E-state index in [0.717, 1.165) is 11.3 Å². The summed E-state index contributed by atoms with van der Waals surface area (Å²) in [6, 6.07) is 8.79. The average molecular weight is 277 g/mol. The Kier molecular flexibility index (Phi) is 2.04. The molecule has 1 aromatic carbocycles. The molecule has 104 valence electrons. The van der Waals surface area contributed by atoms with Crippen LogP contribution < -0.4 is 5.73 Å². The summed E-state index contributed by atoms with van der Waals surface area (Å²) >= 11 is 0. The maximum absolute atomic E-state index is 5.89. The summed E-state index contributed by atoms with van der Waals surface area (Å²) in [6.45, 7) is 0. The third-order valence-electron chi connectivity index (χ3n) is 4.98. The summed E-state index contributed by atoms with van der Waals surface area (Å²) in [5.41, 5.74) is 10.3. The first-order valence-electron chi connectivity index (χ1n) is 7.37. The second-order valence-electron chi connectivity index (χ2n) is 6.03. The predicted octanol–water partition coefficient (Wildman–Crippen LogP) is 2.38. The second kappa shape index (κ2) is 3.81. The van der Waals surface area contributed by atoms with Crippen molar-refractivity contribution >= 4 is 17.0 Å². The lowest BCUT2D eigenvalue weighted by Crippen LogP contribution is -2.00. The molecule has 5 heteroatoms. The van der Waals surface area contributed by atoms with Crippen molar-refractivity contribution in [1.82, 2.24) is 19.9 Å². The highest BCUT2D eigenvalue weighted by Crippen LogP contribution is 2.64. The Labute approximate surface area is 121 Å². The average Bonchev–Trinajstić information content (AvgIpc) is 3.10. The van der Waals surface area contributed by atoms with Crippen LogP contribution in [0.25, 0.3) is 11.2 Å². The monoisotopic (exact) mass is 277 g/mol. The van der Waals surface area contributed by atoms with Crippen molar-refractivity contribution < 1.29 is 0 Å². The second-order valence-corrected chi connectivity index (χ2v) is 6.03. The van der Waals surface area contributed by atoms with Gasteiger partial charge in [-0.3, -0.25) is 0 Å². The fourth-order valence-electron chi connectivity index (χ4n) is 3.96. The first-order valence-corrected chi connectivity index (χ1v) is 7.37. The molecule has 1 saturated carbocycles. The molecule has 0 aliphatic heterocycles. The van der Waals surface area contributed by atoms with Crippen LogP contribution >= 0.6 is 0 Å². The van der Waals surface area contributed by atoms with E-state index >= 15 is 0 Å². The summed E-state index contributed by atoms with van der Waals surface area (Å²) in [5, 5.41) is 0. The Morgan fingerprint density at radius 2 is 2.05 bits per heavy atom. The van der Waals surface area contributed by atoms with E-state index in [-0.39, 0.29) is 0 Å². The van der Waals surface area contributed by atoms with Crippen LogP contribution in [-0.4, -0.2) is 19.9 Å². The number of imidazole rings is 1. The van der Waals surface area contributed by atoms with Gasteiger partial charge in [0.25, 0.3) is 0 Å². The molecule has 3 aromatic rings. The van der Waals surface area contributed by atoms with Crippen molar-refractivity contribution in [1.29, 1.82) is 0 Å². The summed E-state index contributed by atoms with van der Waals surface area (Å²) in [7, 11) is 0. The Hall–Kier alpha value is -2.43. The molecule has 0 saturated heterocycles. The molecule has 2 aromatic heterocycles. The molecule has 3 atom stereocenters. The largest absolute Gasteiger partial charge is 0.382 e. The van der Waals surface area contributed by atoms with Crippen molar-refractivity contribution in [2.45, 2.75) is 24.7 Å². The summed E-state index contributed by atoms with van der Waals surface area (Å²) in [4.78, 5) is 16.2. The molecular formula is C16H15N5. The number of nitrogens with two attached hydrogens (primary N) is 1. The lowest BCUT2D eigenvalue weighted by atomic mass is 9.92. The van der Waals surface area contributed by atoms with Crippen molar-refractivity contribution in [2.24, 2.45) is 5.92 Å². The van der Waals surface area contributed by atoms with Gasteiger partial charge in [0.15, 0.2) is 11.5 Å². The van der Waals surface area contributed by atoms with Gasteiger partial charge in [0.1, 0.15) is 17.7 Å². The van der Waals surface area contributed by atoms with Crippen LogP contribution in [-0.2, 0) is 6.42 Å². The summed E-state index contributed by atoms with van der Waals surface area (Å²) in [6.07, 6.45) is 3.89. The number of anilines is 1. The number of aromatic amines is 1. The molecule has 0 spiro atoms. The van der Waals surface area contributed by atoms with E-state index in [1.165, 1.54) is 30.3 Å². The number of hydrogen-bond donors (Lipinski definition) is 2. The molecule has 1 fully saturated rings. The van der Waals surface area contributed by atoms with E-state index in [0.29, 0.717) is 29.2 Å². The van der Waals surface area contributed by atoms with E-state index in [9.17, 15) is 0 Å². The Morgan fingerprint density at radius 3 is 2.95 bits per heavy atom. The molecule has 2 aliphatic rings. The lowest BCUT2D eigenvalue weighted by Gasteiger charge is -2.13. The van der Waals surface area contributed by atoms with Gasteiger partial charge in [-0.2, -0.15) is 0 Å². The van der Waals surface area contributed by atoms with Crippen LogP contribution in [0, 0.1) is 5.92 Å². The van der Waals surface area contributed by atoms with Crippen LogP contribution in [0.4, 0.5) is 5.82 Å². The molecule has 0 radical (unpaired) electrons. The number of aryl methyl sites for hydroxylation is 1. The molecule has 2 heterocycles. The van der Waals surface area contributed by atoms with Gasteiger partial charge in [-0.1, -0.05) is 24.3 Å². The third kappa shape index (κ3) is 1.48. The molecule has 2 aliphatic carbocycles. The summed E-state index contributed by atoms with van der Waals surface area (Å²) < 4.78 is 0. The van der Waals surface area contributed by atoms with E-state index in [2.05, 4.69) is 44.2 Å². The number of H-pyrrole nitrogens is 1. The number of fused-ring (bicyclic) bond motifs is 4. The topological polar surface area (TPSA) is 80.5 Å². The van der Waals surface area contributed by atoms with Gasteiger partial charge in [-0.05, 0) is 35.8 Å². The van der Waals surface area contributed by atoms with Crippen LogP contribution in [0.1, 0.15) is 35.2 Å². The Bertz CT molecular complexity index is 853. The molecule has 3 unspecified atom stereocenters. The molecule has 5 nitrogen and oxygen atoms in total. The SMILES string of the molecule is Nc1ncnc2nc(C3C4CCc5ccccc5C43)[nH]c12. The van der Waals surface area contributed by atoms with Crippen LogP contribution in [0.3, 0.4) is 0 Å². The van der Waals surface area contributed by atoms with E-state index < -0.39 is 0 Å². The molecule has 5 rings (SSSR count). The number of nitrogen functional groups attached to an aromatic ring is 1. The maximum Gasteiger partial charge on any atom is 0.183 e. The number of hydrogen-bond acceptors (Lipinski definition) is 4. The summed E-state index contributed by atoms with van der Waals surface area (Å²) in [5.74, 6) is 3.27. The van der Waals surface area contributed by atoms with Gasteiger partial charge in [-0.15, -0.1) is 0 Å². The molecule has 3 N–H and O–H groups in total. The molecular weight excluding hydrogens is 262 g/mol. The van der Waals surface area contributed by atoms with Crippen molar-refractivity contribution in [3.8, 4) is 0 Å². The van der Waals surface area contributed by atoms with Gasteiger partial charge >= 0.3 is 0 Å². The van der Waals surface area contributed by atoms with E-state index in [1.807, 2.05) is 0 Å². The van der Waals surface area contributed by atoms with Gasteiger partial charge < -0.3 is 10.7 Å². The van der Waals surface area contributed by atoms with Crippen LogP contribution in [0.5, 0.6) is 0 Å². The highest BCUT2D eigenvalue weighted by Gasteiger charge is 2.55. The number of nitrogens with one attached hydrogen (secondary N) is 1. The minimum absolute atomic E-state index is 0.474. The normalized spacial score (nSPS) is 26.4. The Morgan fingerprint density at radius 1 is 1.14 bits per heavy atom. The van der Waals surface area contributed by atoms with Gasteiger partial charge in [0.05, 0.1) is 0 Å². The van der Waals surface area contributed by atoms with Gasteiger partial charge in [0, 0.05) is 5.92 Å². The first-order chi connectivity index (χ1) is 10.3. The first kappa shape index (κ1) is 11.3. The van der Waals surface area contributed by atoms with Gasteiger partial charge in [0.2, 0.25) is 0 Å². The van der Waals surface area contributed by atoms with Crippen molar-refractivity contribution in [2.75, 3.05) is 5.73 Å². The highest BCUT2D eigenvalue weighted by molar-refractivity contribution is 5.81. The zero-order valence-electron chi connectivity index (χ0n) is 11.5. The molecule has 0 amide bonds. The molecule has 21 heavy (non-hydrogen) atoms. The number of rotatable bonds is 1. The molecule has 0 bridgehead atoms. The van der Waals surface area contributed by atoms with Crippen molar-refractivity contribution in [3.05, 3.63) is 47.5 Å². The van der Waals surface area contributed by atoms with Crippen LogP contribution in [0.15, 0.2) is 30.6 Å². The zero-order chi connectivity index (χ0) is 14.0. The van der Waals surface area contributed by atoms with E-state index in [1.54, 1.807) is 0 Å².